The molecular weight excluding hydrogens is 320 g/mol. The van der Waals surface area contributed by atoms with Crippen LogP contribution in [-0.4, -0.2) is 13.1 Å². The summed E-state index contributed by atoms with van der Waals surface area (Å²) in [4.78, 5) is 12.0. The topological polar surface area (TPSA) is 26.3 Å². The summed E-state index contributed by atoms with van der Waals surface area (Å²) in [5.41, 5.74) is 7.84. The van der Waals surface area contributed by atoms with Crippen LogP contribution in [0.25, 0.3) is 0 Å². The van der Waals surface area contributed by atoms with Gasteiger partial charge in [-0.25, -0.2) is 0 Å². The zero-order valence-corrected chi connectivity index (χ0v) is 14.7. The molecule has 0 radical (unpaired) electrons. The standard InChI is InChI=1S/C24H20O2/c1-26-22(25)14-15-24-19-11-5-2-8-16(19)23(17-9-3-6-12-20(17)24)18-10-4-7-13-21(18)24/h2-13,23H,14-15H2,1H3. The first-order valence-corrected chi connectivity index (χ1v) is 9.12. The van der Waals surface area contributed by atoms with Gasteiger partial charge >= 0.3 is 5.97 Å². The third-order valence-electron chi connectivity index (χ3n) is 6.13. The van der Waals surface area contributed by atoms with Crippen molar-refractivity contribution in [2.75, 3.05) is 7.11 Å². The van der Waals surface area contributed by atoms with E-state index in [0.717, 1.165) is 6.42 Å². The van der Waals surface area contributed by atoms with E-state index in [-0.39, 0.29) is 17.3 Å². The molecule has 128 valence electrons. The molecule has 0 fully saturated rings. The number of methoxy groups -OCH3 is 1. The van der Waals surface area contributed by atoms with Crippen LogP contribution in [0.1, 0.15) is 52.1 Å². The Bertz CT molecular complexity index is 902. The van der Waals surface area contributed by atoms with E-state index >= 15 is 0 Å². The molecule has 2 nitrogen and oxygen atoms in total. The molecule has 3 aliphatic carbocycles. The summed E-state index contributed by atoms with van der Waals surface area (Å²) in [6, 6.07) is 26.2. The number of hydrogen-bond acceptors (Lipinski definition) is 2. The minimum atomic E-state index is -0.285. The SMILES string of the molecule is COC(=O)CCC12c3ccccc3C(c3ccccc31)c1ccccc12. The van der Waals surface area contributed by atoms with Gasteiger partial charge in [-0.2, -0.15) is 0 Å². The molecule has 3 aliphatic rings. The molecule has 2 heteroatoms. The van der Waals surface area contributed by atoms with Gasteiger partial charge in [0.1, 0.15) is 0 Å². The van der Waals surface area contributed by atoms with Crippen LogP contribution in [0.5, 0.6) is 0 Å². The Morgan fingerprint density at radius 2 is 1.23 bits per heavy atom. The Labute approximate surface area is 153 Å². The van der Waals surface area contributed by atoms with Crippen LogP contribution in [-0.2, 0) is 14.9 Å². The average molecular weight is 340 g/mol. The molecule has 0 amide bonds. The summed E-state index contributed by atoms with van der Waals surface area (Å²) in [6.07, 6.45) is 1.12. The predicted octanol–water partition coefficient (Wildman–Crippen LogP) is 4.78. The molecule has 6 rings (SSSR count). The van der Waals surface area contributed by atoms with Crippen molar-refractivity contribution in [1.29, 1.82) is 0 Å². The number of rotatable bonds is 3. The zero-order chi connectivity index (χ0) is 17.7. The monoisotopic (exact) mass is 340 g/mol. The lowest BCUT2D eigenvalue weighted by Gasteiger charge is -2.50. The lowest BCUT2D eigenvalue weighted by Crippen LogP contribution is -2.42. The van der Waals surface area contributed by atoms with Crippen LogP contribution in [0.2, 0.25) is 0 Å². The van der Waals surface area contributed by atoms with Crippen LogP contribution in [0.15, 0.2) is 72.8 Å². The van der Waals surface area contributed by atoms with E-state index in [0.29, 0.717) is 6.42 Å². The Balaban J connectivity index is 1.84. The molecule has 0 N–H and O–H groups in total. The van der Waals surface area contributed by atoms with Crippen molar-refractivity contribution in [1.82, 2.24) is 0 Å². The molecule has 0 atom stereocenters. The number of esters is 1. The van der Waals surface area contributed by atoms with Gasteiger partial charge in [-0.05, 0) is 39.8 Å². The van der Waals surface area contributed by atoms with E-state index in [2.05, 4.69) is 72.8 Å². The average Bonchev–Trinajstić information content (AvgIpc) is 2.72. The molecule has 0 unspecified atom stereocenters. The maximum atomic E-state index is 12.0. The van der Waals surface area contributed by atoms with Crippen molar-refractivity contribution in [3.63, 3.8) is 0 Å². The van der Waals surface area contributed by atoms with Gasteiger partial charge in [-0.15, -0.1) is 0 Å². The van der Waals surface area contributed by atoms with Gasteiger partial charge in [0.15, 0.2) is 0 Å². The molecule has 3 aromatic rings. The number of hydrogen-bond donors (Lipinski definition) is 0. The van der Waals surface area contributed by atoms with E-state index in [1.807, 2.05) is 0 Å². The summed E-state index contributed by atoms with van der Waals surface area (Å²) in [5.74, 6) is 0.123. The highest BCUT2D eigenvalue weighted by molar-refractivity contribution is 5.74. The summed E-state index contributed by atoms with van der Waals surface area (Å²) < 4.78 is 4.97. The highest BCUT2D eigenvalue weighted by Gasteiger charge is 2.51. The molecule has 0 aliphatic heterocycles. The van der Waals surface area contributed by atoms with Crippen molar-refractivity contribution in [2.24, 2.45) is 0 Å². The van der Waals surface area contributed by atoms with Crippen LogP contribution >= 0.6 is 0 Å². The first-order valence-electron chi connectivity index (χ1n) is 9.12. The quantitative estimate of drug-likeness (QED) is 0.641. The van der Waals surface area contributed by atoms with E-state index in [4.69, 9.17) is 4.74 Å². The minimum Gasteiger partial charge on any atom is -0.469 e. The summed E-state index contributed by atoms with van der Waals surface area (Å²) in [5, 5.41) is 0. The minimum absolute atomic E-state index is 0.153. The lowest BCUT2D eigenvalue weighted by atomic mass is 9.52. The number of carbonyl (C=O) groups is 1. The number of benzene rings is 3. The van der Waals surface area contributed by atoms with E-state index in [9.17, 15) is 4.79 Å². The molecule has 2 bridgehead atoms. The van der Waals surface area contributed by atoms with Crippen molar-refractivity contribution in [3.05, 3.63) is 106 Å². The third-order valence-corrected chi connectivity index (χ3v) is 6.13. The van der Waals surface area contributed by atoms with Crippen LogP contribution in [0, 0.1) is 0 Å². The van der Waals surface area contributed by atoms with Crippen molar-refractivity contribution >= 4 is 5.97 Å². The van der Waals surface area contributed by atoms with E-state index < -0.39 is 0 Å². The smallest absolute Gasteiger partial charge is 0.305 e. The Morgan fingerprint density at radius 3 is 1.65 bits per heavy atom. The fourth-order valence-corrected chi connectivity index (χ4v) is 5.15. The molecule has 0 spiro atoms. The predicted molar refractivity (Wildman–Crippen MR) is 101 cm³/mol. The molecule has 0 saturated heterocycles. The van der Waals surface area contributed by atoms with Gasteiger partial charge in [-0.1, -0.05) is 72.8 Å². The number of ether oxygens (including phenoxy) is 1. The van der Waals surface area contributed by atoms with Gasteiger partial charge in [0.2, 0.25) is 0 Å². The zero-order valence-electron chi connectivity index (χ0n) is 14.7. The van der Waals surface area contributed by atoms with Crippen LogP contribution in [0.4, 0.5) is 0 Å². The highest BCUT2D eigenvalue weighted by Crippen LogP contribution is 2.60. The Hall–Kier alpha value is -2.87. The van der Waals surface area contributed by atoms with Gasteiger partial charge in [0.25, 0.3) is 0 Å². The first-order chi connectivity index (χ1) is 12.8. The van der Waals surface area contributed by atoms with Gasteiger partial charge < -0.3 is 4.74 Å². The maximum Gasteiger partial charge on any atom is 0.305 e. The second-order valence-electron chi connectivity index (χ2n) is 7.18. The Morgan fingerprint density at radius 1 is 0.808 bits per heavy atom. The van der Waals surface area contributed by atoms with Crippen LogP contribution < -0.4 is 0 Å². The molecule has 26 heavy (non-hydrogen) atoms. The molecular formula is C24H20O2. The largest absolute Gasteiger partial charge is 0.469 e. The third kappa shape index (κ3) is 1.84. The first kappa shape index (κ1) is 15.4. The summed E-state index contributed by atoms with van der Waals surface area (Å²) in [7, 11) is 1.47. The molecule has 0 aromatic heterocycles. The highest BCUT2D eigenvalue weighted by atomic mass is 16.5. The normalized spacial score (nSPS) is 21.5. The van der Waals surface area contributed by atoms with Gasteiger partial charge in [-0.3, -0.25) is 4.79 Å². The van der Waals surface area contributed by atoms with E-state index in [1.54, 1.807) is 0 Å². The molecule has 0 heterocycles. The van der Waals surface area contributed by atoms with Crippen molar-refractivity contribution < 1.29 is 9.53 Å². The fraction of sp³-hybridized carbons (Fsp3) is 0.208. The molecule has 3 aromatic carbocycles. The van der Waals surface area contributed by atoms with Gasteiger partial charge in [0, 0.05) is 17.8 Å². The van der Waals surface area contributed by atoms with E-state index in [1.165, 1.54) is 40.5 Å². The van der Waals surface area contributed by atoms with Crippen molar-refractivity contribution in [2.45, 2.75) is 24.2 Å². The fourth-order valence-electron chi connectivity index (χ4n) is 5.15. The second-order valence-corrected chi connectivity index (χ2v) is 7.18. The molecule has 0 saturated carbocycles. The summed E-state index contributed by atoms with van der Waals surface area (Å²) >= 11 is 0. The lowest BCUT2D eigenvalue weighted by molar-refractivity contribution is -0.140. The summed E-state index contributed by atoms with van der Waals surface area (Å²) in [6.45, 7) is 0. The van der Waals surface area contributed by atoms with Crippen LogP contribution in [0.3, 0.4) is 0 Å². The number of carbonyl (C=O) groups excluding carboxylic acids is 1. The Kier molecular flexibility index (Phi) is 3.30. The maximum absolute atomic E-state index is 12.0. The van der Waals surface area contributed by atoms with Crippen molar-refractivity contribution in [3.8, 4) is 0 Å². The van der Waals surface area contributed by atoms with Gasteiger partial charge in [0.05, 0.1) is 7.11 Å². The second kappa shape index (κ2) is 5.57.